The van der Waals surface area contributed by atoms with Gasteiger partial charge in [0.05, 0.1) is 6.42 Å². The van der Waals surface area contributed by atoms with E-state index in [1.165, 1.54) is 4.90 Å². The van der Waals surface area contributed by atoms with Gasteiger partial charge in [-0.2, -0.15) is 0 Å². The van der Waals surface area contributed by atoms with Crippen LogP contribution in [0.4, 0.5) is 4.79 Å². The van der Waals surface area contributed by atoms with Crippen LogP contribution in [0.1, 0.15) is 50.2 Å². The van der Waals surface area contributed by atoms with Gasteiger partial charge in [-0.25, -0.2) is 4.79 Å². The molecular formula is C24H34N4O3. The number of urea groups is 1. The Morgan fingerprint density at radius 1 is 1.10 bits per heavy atom. The summed E-state index contributed by atoms with van der Waals surface area (Å²) in [6.07, 6.45) is 4.16. The van der Waals surface area contributed by atoms with Crippen molar-refractivity contribution in [3.8, 4) is 0 Å². The number of likely N-dealkylation sites (tertiary alicyclic amines) is 2. The van der Waals surface area contributed by atoms with Crippen LogP contribution in [0.3, 0.4) is 0 Å². The van der Waals surface area contributed by atoms with Gasteiger partial charge in [-0.1, -0.05) is 31.2 Å². The van der Waals surface area contributed by atoms with Crippen molar-refractivity contribution >= 4 is 17.8 Å². The first kappa shape index (κ1) is 21.8. The van der Waals surface area contributed by atoms with Crippen LogP contribution >= 0.6 is 0 Å². The first-order valence-electron chi connectivity index (χ1n) is 11.6. The van der Waals surface area contributed by atoms with Gasteiger partial charge in [-0.15, -0.1) is 0 Å². The third kappa shape index (κ3) is 4.33. The van der Waals surface area contributed by atoms with Crippen molar-refractivity contribution in [3.05, 3.63) is 35.4 Å². The van der Waals surface area contributed by atoms with Crippen LogP contribution < -0.4 is 5.32 Å². The number of hydrogen-bond donors (Lipinski definition) is 1. The number of rotatable bonds is 5. The number of carbonyl (C=O) groups excluding carboxylic acids is 3. The molecule has 0 atom stereocenters. The van der Waals surface area contributed by atoms with Crippen LogP contribution in [-0.4, -0.2) is 76.8 Å². The average Bonchev–Trinajstić information content (AvgIpc) is 3.01. The zero-order valence-corrected chi connectivity index (χ0v) is 18.7. The van der Waals surface area contributed by atoms with Gasteiger partial charge in [-0.05, 0) is 56.7 Å². The van der Waals surface area contributed by atoms with Crippen LogP contribution in [-0.2, 0) is 16.0 Å². The number of imide groups is 1. The maximum atomic E-state index is 13.3. The minimum atomic E-state index is -0.723. The number of hydrogen-bond acceptors (Lipinski definition) is 4. The van der Waals surface area contributed by atoms with Gasteiger partial charge >= 0.3 is 6.03 Å². The summed E-state index contributed by atoms with van der Waals surface area (Å²) in [7, 11) is 0. The third-order valence-corrected chi connectivity index (χ3v) is 7.23. The van der Waals surface area contributed by atoms with Gasteiger partial charge < -0.3 is 15.1 Å². The highest BCUT2D eigenvalue weighted by Crippen LogP contribution is 2.32. The summed E-state index contributed by atoms with van der Waals surface area (Å²) in [5.41, 5.74) is 1.46. The number of nitrogens with one attached hydrogen (secondary N) is 1. The molecule has 1 aromatic rings. The lowest BCUT2D eigenvalue weighted by molar-refractivity contribution is -0.136. The summed E-state index contributed by atoms with van der Waals surface area (Å²) in [6.45, 7) is 8.09. The Kier molecular flexibility index (Phi) is 6.32. The van der Waals surface area contributed by atoms with Crippen molar-refractivity contribution in [2.24, 2.45) is 0 Å². The van der Waals surface area contributed by atoms with Gasteiger partial charge in [0.1, 0.15) is 5.54 Å². The van der Waals surface area contributed by atoms with E-state index in [9.17, 15) is 14.4 Å². The number of piperidine rings is 2. The Morgan fingerprint density at radius 2 is 1.77 bits per heavy atom. The summed E-state index contributed by atoms with van der Waals surface area (Å²) in [5.74, 6) is 0.0584. The molecule has 0 aliphatic carbocycles. The van der Waals surface area contributed by atoms with Crippen LogP contribution in [0.5, 0.6) is 0 Å². The van der Waals surface area contributed by atoms with Crippen LogP contribution in [0.15, 0.2) is 24.3 Å². The van der Waals surface area contributed by atoms with Crippen molar-refractivity contribution in [2.75, 3.05) is 32.7 Å². The fourth-order valence-electron chi connectivity index (χ4n) is 5.24. The monoisotopic (exact) mass is 426 g/mol. The molecule has 0 radical (unpaired) electrons. The fraction of sp³-hybridized carbons (Fsp3) is 0.625. The minimum absolute atomic E-state index is 0.0571. The molecule has 0 unspecified atom stereocenters. The molecule has 1 aromatic carbocycles. The lowest BCUT2D eigenvalue weighted by atomic mass is 9.87. The summed E-state index contributed by atoms with van der Waals surface area (Å²) in [4.78, 5) is 44.5. The van der Waals surface area contributed by atoms with E-state index in [0.29, 0.717) is 45.2 Å². The van der Waals surface area contributed by atoms with Gasteiger partial charge in [0.15, 0.2) is 0 Å². The maximum absolute atomic E-state index is 13.3. The zero-order valence-electron chi connectivity index (χ0n) is 18.7. The van der Waals surface area contributed by atoms with E-state index in [0.717, 1.165) is 37.2 Å². The van der Waals surface area contributed by atoms with Crippen LogP contribution in [0.25, 0.3) is 0 Å². The Morgan fingerprint density at radius 3 is 2.42 bits per heavy atom. The van der Waals surface area contributed by atoms with E-state index in [1.807, 2.05) is 36.1 Å². The van der Waals surface area contributed by atoms with E-state index >= 15 is 0 Å². The second-order valence-corrected chi connectivity index (χ2v) is 9.24. The van der Waals surface area contributed by atoms with E-state index in [2.05, 4.69) is 17.1 Å². The van der Waals surface area contributed by atoms with Gasteiger partial charge in [0.2, 0.25) is 5.91 Å². The molecule has 0 aromatic heterocycles. The van der Waals surface area contributed by atoms with E-state index in [4.69, 9.17) is 0 Å². The maximum Gasteiger partial charge on any atom is 0.325 e. The summed E-state index contributed by atoms with van der Waals surface area (Å²) in [5, 5.41) is 3.03. The largest absolute Gasteiger partial charge is 0.342 e. The second kappa shape index (κ2) is 8.99. The van der Waals surface area contributed by atoms with Gasteiger partial charge in [-0.3, -0.25) is 14.5 Å². The molecule has 3 aliphatic heterocycles. The molecule has 7 nitrogen and oxygen atoms in total. The van der Waals surface area contributed by atoms with Gasteiger partial charge in [0, 0.05) is 32.2 Å². The summed E-state index contributed by atoms with van der Waals surface area (Å²) in [6, 6.07) is 7.59. The molecule has 0 saturated carbocycles. The van der Waals surface area contributed by atoms with Crippen molar-refractivity contribution < 1.29 is 14.4 Å². The Balaban J connectivity index is 1.33. The molecule has 4 rings (SSSR count). The Labute approximate surface area is 184 Å². The molecule has 1 N–H and O–H groups in total. The molecule has 0 bridgehead atoms. The number of nitrogens with zero attached hydrogens (tertiary/aromatic N) is 3. The molecule has 3 saturated heterocycles. The number of aryl methyl sites for hydroxylation is 1. The average molecular weight is 427 g/mol. The standard InChI is InChI=1S/C24H34N4O3/c1-3-12-26-15-10-24(11-16-26)22(30)28(23(31)25-24)20-8-13-27(14-9-20)21(29)17-19-7-5-4-6-18(19)2/h4-7,20H,3,8-17H2,1-2H3,(H,25,31). The van der Waals surface area contributed by atoms with Gasteiger partial charge in [0.25, 0.3) is 5.91 Å². The number of carbonyl (C=O) groups is 3. The smallest absolute Gasteiger partial charge is 0.325 e. The topological polar surface area (TPSA) is 73.0 Å². The molecule has 3 fully saturated rings. The van der Waals surface area contributed by atoms with E-state index in [-0.39, 0.29) is 23.9 Å². The summed E-state index contributed by atoms with van der Waals surface area (Å²) < 4.78 is 0. The van der Waals surface area contributed by atoms with Crippen LogP contribution in [0.2, 0.25) is 0 Å². The molecule has 7 heteroatoms. The number of amides is 4. The highest BCUT2D eigenvalue weighted by Gasteiger charge is 2.54. The summed E-state index contributed by atoms with van der Waals surface area (Å²) >= 11 is 0. The van der Waals surface area contributed by atoms with E-state index in [1.54, 1.807) is 0 Å². The van der Waals surface area contributed by atoms with Crippen molar-refractivity contribution in [1.29, 1.82) is 0 Å². The molecule has 168 valence electrons. The fourth-order valence-corrected chi connectivity index (χ4v) is 5.24. The molecular weight excluding hydrogens is 392 g/mol. The highest BCUT2D eigenvalue weighted by atomic mass is 16.2. The predicted molar refractivity (Wildman–Crippen MR) is 119 cm³/mol. The second-order valence-electron chi connectivity index (χ2n) is 9.24. The molecule has 3 aliphatic rings. The molecule has 1 spiro atoms. The molecule has 3 heterocycles. The highest BCUT2D eigenvalue weighted by molar-refractivity contribution is 6.07. The Hall–Kier alpha value is -2.41. The first-order chi connectivity index (χ1) is 14.9. The predicted octanol–water partition coefficient (Wildman–Crippen LogP) is 2.32. The lowest BCUT2D eigenvalue weighted by Crippen LogP contribution is -2.55. The lowest BCUT2D eigenvalue weighted by Gasteiger charge is -2.38. The minimum Gasteiger partial charge on any atom is -0.342 e. The first-order valence-corrected chi connectivity index (χ1v) is 11.6. The van der Waals surface area contributed by atoms with Crippen molar-refractivity contribution in [2.45, 2.75) is 64.0 Å². The molecule has 31 heavy (non-hydrogen) atoms. The third-order valence-electron chi connectivity index (χ3n) is 7.23. The zero-order chi connectivity index (χ0) is 22.0. The van der Waals surface area contributed by atoms with Crippen LogP contribution in [0, 0.1) is 6.92 Å². The Bertz CT molecular complexity index is 839. The van der Waals surface area contributed by atoms with Crippen molar-refractivity contribution in [3.63, 3.8) is 0 Å². The molecule has 4 amide bonds. The normalized spacial score (nSPS) is 22.3. The van der Waals surface area contributed by atoms with Crippen molar-refractivity contribution in [1.82, 2.24) is 20.0 Å². The SMILES string of the molecule is CCCN1CCC2(CC1)NC(=O)N(C1CCN(C(=O)Cc3ccccc3C)CC1)C2=O. The number of benzene rings is 1. The quantitative estimate of drug-likeness (QED) is 0.734. The van der Waals surface area contributed by atoms with E-state index < -0.39 is 5.54 Å².